The van der Waals surface area contributed by atoms with Crippen LogP contribution in [0.15, 0.2) is 29.2 Å². The van der Waals surface area contributed by atoms with Crippen LogP contribution in [-0.2, 0) is 19.4 Å². The highest BCUT2D eigenvalue weighted by molar-refractivity contribution is 7.92. The first-order chi connectivity index (χ1) is 13.2. The van der Waals surface area contributed by atoms with Crippen molar-refractivity contribution < 1.29 is 27.9 Å². The molecule has 10 nitrogen and oxygen atoms in total. The summed E-state index contributed by atoms with van der Waals surface area (Å²) in [5.74, 6) is -1.87. The van der Waals surface area contributed by atoms with Gasteiger partial charge >= 0.3 is 12.1 Å². The molecule has 0 aromatic heterocycles. The van der Waals surface area contributed by atoms with Crippen molar-refractivity contribution in [3.05, 3.63) is 29.8 Å². The van der Waals surface area contributed by atoms with Crippen LogP contribution in [0.4, 0.5) is 4.79 Å². The molecule has 29 heavy (non-hydrogen) atoms. The minimum atomic E-state index is -3.98. The van der Waals surface area contributed by atoms with E-state index in [1.54, 1.807) is 39.8 Å². The minimum absolute atomic E-state index is 0.000131. The Kier molecular flexibility index (Phi) is 8.01. The van der Waals surface area contributed by atoms with E-state index in [0.717, 1.165) is 5.56 Å². The molecule has 1 aromatic carbocycles. The van der Waals surface area contributed by atoms with Crippen molar-refractivity contribution in [2.75, 3.05) is 6.54 Å². The Morgan fingerprint density at radius 3 is 2.24 bits per heavy atom. The molecule has 1 aromatic rings. The van der Waals surface area contributed by atoms with Crippen molar-refractivity contribution in [2.24, 2.45) is 5.73 Å². The highest BCUT2D eigenvalue weighted by atomic mass is 32.2. The molecule has 1 unspecified atom stereocenters. The summed E-state index contributed by atoms with van der Waals surface area (Å²) in [7, 11) is -3.98. The number of carbonyl (C=O) groups is 2. The zero-order chi connectivity index (χ0) is 22.4. The average Bonchev–Trinajstić information content (AvgIpc) is 2.55. The summed E-state index contributed by atoms with van der Waals surface area (Å²) >= 11 is 0. The lowest BCUT2D eigenvalue weighted by Crippen LogP contribution is -2.48. The Bertz CT molecular complexity index is 846. The molecule has 0 radical (unpaired) electrons. The fourth-order valence-corrected chi connectivity index (χ4v) is 4.05. The number of ether oxygens (including phenoxy) is 1. The summed E-state index contributed by atoms with van der Waals surface area (Å²) in [5, 5.41) is 20.1. The smallest absolute Gasteiger partial charge is 0.408 e. The summed E-state index contributed by atoms with van der Waals surface area (Å²) < 4.78 is 31.1. The van der Waals surface area contributed by atoms with Crippen molar-refractivity contribution in [1.29, 1.82) is 5.41 Å². The Hall–Kier alpha value is -2.82. The lowest BCUT2D eigenvalue weighted by molar-refractivity contribution is -0.139. The van der Waals surface area contributed by atoms with Crippen molar-refractivity contribution in [3.8, 4) is 0 Å². The second-order valence-corrected chi connectivity index (χ2v) is 9.78. The molecule has 1 rings (SSSR count). The number of hydrogen-bond donors (Lipinski definition) is 5. The SMILES string of the molecule is Cc1ccc(S(=O)(=O)C(CNC(=N)N)C[C@H](NC(=O)OC(C)(C)C)C(=O)O)cc1. The Balaban J connectivity index is 3.14. The predicted octanol–water partition coefficient (Wildman–Crippen LogP) is 0.988. The van der Waals surface area contributed by atoms with Gasteiger partial charge in [0.15, 0.2) is 15.8 Å². The molecule has 11 heteroatoms. The van der Waals surface area contributed by atoms with Crippen molar-refractivity contribution in [3.63, 3.8) is 0 Å². The van der Waals surface area contributed by atoms with Crippen LogP contribution in [-0.4, -0.2) is 55.0 Å². The van der Waals surface area contributed by atoms with Crippen LogP contribution >= 0.6 is 0 Å². The molecular weight excluding hydrogens is 400 g/mol. The van der Waals surface area contributed by atoms with Gasteiger partial charge in [-0.2, -0.15) is 0 Å². The number of carbonyl (C=O) groups excluding carboxylic acids is 1. The van der Waals surface area contributed by atoms with Crippen LogP contribution in [0.2, 0.25) is 0 Å². The van der Waals surface area contributed by atoms with Crippen LogP contribution < -0.4 is 16.4 Å². The zero-order valence-corrected chi connectivity index (χ0v) is 17.7. The van der Waals surface area contributed by atoms with Gasteiger partial charge in [-0.1, -0.05) is 17.7 Å². The topological polar surface area (TPSA) is 172 Å². The van der Waals surface area contributed by atoms with Crippen molar-refractivity contribution in [1.82, 2.24) is 10.6 Å². The highest BCUT2D eigenvalue weighted by Gasteiger charge is 2.34. The molecule has 162 valence electrons. The number of aliphatic carboxylic acids is 1. The van der Waals surface area contributed by atoms with E-state index in [9.17, 15) is 23.1 Å². The molecule has 6 N–H and O–H groups in total. The zero-order valence-electron chi connectivity index (χ0n) is 16.9. The number of carboxylic acids is 1. The molecule has 0 saturated heterocycles. The molecule has 0 heterocycles. The van der Waals surface area contributed by atoms with Gasteiger partial charge in [0.2, 0.25) is 0 Å². The number of rotatable bonds is 8. The maximum Gasteiger partial charge on any atom is 0.408 e. The largest absolute Gasteiger partial charge is 0.480 e. The van der Waals surface area contributed by atoms with Crippen LogP contribution in [0.3, 0.4) is 0 Å². The predicted molar refractivity (Wildman–Crippen MR) is 107 cm³/mol. The fourth-order valence-electron chi connectivity index (χ4n) is 2.40. The summed E-state index contributed by atoms with van der Waals surface area (Å²) in [6, 6.07) is 4.56. The van der Waals surface area contributed by atoms with Gasteiger partial charge < -0.3 is 26.2 Å². The second-order valence-electron chi connectivity index (χ2n) is 7.55. The first-order valence-electron chi connectivity index (χ1n) is 8.83. The van der Waals surface area contributed by atoms with Gasteiger partial charge in [0.05, 0.1) is 10.1 Å². The molecule has 1 amide bonds. The normalized spacial score (nSPS) is 13.8. The maximum atomic E-state index is 13.0. The Labute approximate surface area is 170 Å². The lowest BCUT2D eigenvalue weighted by Gasteiger charge is -2.25. The minimum Gasteiger partial charge on any atom is -0.480 e. The average molecular weight is 429 g/mol. The molecule has 0 aliphatic carbocycles. The summed E-state index contributed by atoms with van der Waals surface area (Å²) in [6.45, 7) is 6.35. The quantitative estimate of drug-likeness (QED) is 0.301. The van der Waals surface area contributed by atoms with Gasteiger partial charge in [0.1, 0.15) is 11.6 Å². The number of hydrogen-bond acceptors (Lipinski definition) is 6. The van der Waals surface area contributed by atoms with Gasteiger partial charge in [0.25, 0.3) is 0 Å². The van der Waals surface area contributed by atoms with Gasteiger partial charge in [-0.25, -0.2) is 18.0 Å². The van der Waals surface area contributed by atoms with Gasteiger partial charge in [-0.05, 0) is 46.2 Å². The first kappa shape index (κ1) is 24.2. The van der Waals surface area contributed by atoms with E-state index >= 15 is 0 Å². The molecule has 0 bridgehead atoms. The number of aryl methyl sites for hydroxylation is 1. The van der Waals surface area contributed by atoms with Gasteiger partial charge in [0, 0.05) is 6.54 Å². The second kappa shape index (κ2) is 9.59. The number of amides is 1. The van der Waals surface area contributed by atoms with E-state index in [0.29, 0.717) is 0 Å². The summed E-state index contributed by atoms with van der Waals surface area (Å²) in [4.78, 5) is 23.6. The van der Waals surface area contributed by atoms with Crippen LogP contribution in [0.5, 0.6) is 0 Å². The summed E-state index contributed by atoms with van der Waals surface area (Å²) in [6.07, 6.45) is -1.43. The third kappa shape index (κ3) is 7.98. The van der Waals surface area contributed by atoms with E-state index in [4.69, 9.17) is 15.9 Å². The Morgan fingerprint density at radius 1 is 1.24 bits per heavy atom. The molecule has 0 fully saturated rings. The van der Waals surface area contributed by atoms with Gasteiger partial charge in [-0.15, -0.1) is 0 Å². The van der Waals surface area contributed by atoms with E-state index in [-0.39, 0.29) is 11.4 Å². The van der Waals surface area contributed by atoms with Crippen LogP contribution in [0, 0.1) is 12.3 Å². The van der Waals surface area contributed by atoms with E-state index in [1.807, 2.05) is 0 Å². The Morgan fingerprint density at radius 2 is 1.79 bits per heavy atom. The third-order valence-corrected chi connectivity index (χ3v) is 5.96. The maximum absolute atomic E-state index is 13.0. The van der Waals surface area contributed by atoms with Crippen molar-refractivity contribution >= 4 is 27.9 Å². The number of nitrogens with one attached hydrogen (secondary N) is 3. The number of alkyl carbamates (subject to hydrolysis) is 1. The molecular formula is C18H28N4O6S. The lowest BCUT2D eigenvalue weighted by atomic mass is 10.1. The molecule has 2 atom stereocenters. The third-order valence-electron chi connectivity index (χ3n) is 3.80. The first-order valence-corrected chi connectivity index (χ1v) is 10.4. The number of sulfone groups is 1. The number of nitrogens with two attached hydrogens (primary N) is 1. The van der Waals surface area contributed by atoms with Crippen molar-refractivity contribution in [2.45, 2.75) is 55.9 Å². The standard InChI is InChI=1S/C18H28N4O6S/c1-11-5-7-12(8-6-11)29(26,27)13(10-21-16(19)20)9-14(15(23)24)22-17(25)28-18(2,3)4/h5-8,13-14H,9-10H2,1-4H3,(H,22,25)(H,23,24)(H4,19,20,21)/t13?,14-/m0/s1. The van der Waals surface area contributed by atoms with Gasteiger partial charge in [-0.3, -0.25) is 5.41 Å². The molecule has 0 aliphatic heterocycles. The van der Waals surface area contributed by atoms with Crippen LogP contribution in [0.25, 0.3) is 0 Å². The van der Waals surface area contributed by atoms with Crippen LogP contribution in [0.1, 0.15) is 32.8 Å². The van der Waals surface area contributed by atoms with E-state index in [2.05, 4.69) is 10.6 Å². The molecule has 0 spiro atoms. The molecule has 0 saturated carbocycles. The number of carboxylic acid groups (broad SMARTS) is 1. The monoisotopic (exact) mass is 428 g/mol. The van der Waals surface area contributed by atoms with E-state index in [1.165, 1.54) is 12.1 Å². The fraction of sp³-hybridized carbons (Fsp3) is 0.500. The summed E-state index contributed by atoms with van der Waals surface area (Å²) in [5.41, 5.74) is 5.26. The number of guanidine groups is 1. The molecule has 0 aliphatic rings. The van der Waals surface area contributed by atoms with E-state index < -0.39 is 51.2 Å². The highest BCUT2D eigenvalue weighted by Crippen LogP contribution is 2.20. The number of benzene rings is 1.